The first kappa shape index (κ1) is 17.5. The average molecular weight is 389 g/mol. The lowest BCUT2D eigenvalue weighted by Crippen LogP contribution is -2.45. The predicted molar refractivity (Wildman–Crippen MR) is 108 cm³/mol. The number of anilines is 2. The molecule has 4 heterocycles. The smallest absolute Gasteiger partial charge is 0.228 e. The molecule has 1 saturated heterocycles. The Morgan fingerprint density at radius 1 is 1.19 bits per heavy atom. The van der Waals surface area contributed by atoms with Crippen molar-refractivity contribution in [3.8, 4) is 0 Å². The van der Waals surface area contributed by atoms with Crippen molar-refractivity contribution in [2.75, 3.05) is 43.4 Å². The van der Waals surface area contributed by atoms with Gasteiger partial charge in [-0.3, -0.25) is 0 Å². The molecule has 1 N–H and O–H groups in total. The number of nitrogens with one attached hydrogen (secondary N) is 1. The summed E-state index contributed by atoms with van der Waals surface area (Å²) in [4.78, 5) is 20.9. The Hall–Kier alpha value is -1.96. The summed E-state index contributed by atoms with van der Waals surface area (Å²) >= 11 is 7.90. The molecule has 26 heavy (non-hydrogen) atoms. The minimum Gasteiger partial charge on any atom is -0.364 e. The zero-order valence-electron chi connectivity index (χ0n) is 14.9. The molecule has 136 valence electrons. The normalized spacial score (nSPS) is 15.6. The molecule has 0 radical (unpaired) electrons. The molecule has 0 spiro atoms. The molecule has 4 rings (SSSR count). The van der Waals surface area contributed by atoms with Gasteiger partial charge in [-0.25, -0.2) is 9.97 Å². The summed E-state index contributed by atoms with van der Waals surface area (Å²) in [6.45, 7) is 6.71. The second-order valence-corrected chi connectivity index (χ2v) is 8.31. The Bertz CT molecular complexity index is 919. The van der Waals surface area contributed by atoms with Gasteiger partial charge in [0.2, 0.25) is 5.95 Å². The number of aromatic nitrogens is 3. The van der Waals surface area contributed by atoms with Crippen molar-refractivity contribution in [1.29, 1.82) is 0 Å². The quantitative estimate of drug-likeness (QED) is 0.691. The third kappa shape index (κ3) is 3.75. The van der Waals surface area contributed by atoms with Gasteiger partial charge in [0.25, 0.3) is 0 Å². The van der Waals surface area contributed by atoms with Gasteiger partial charge in [0, 0.05) is 41.3 Å². The van der Waals surface area contributed by atoms with Crippen molar-refractivity contribution in [3.05, 3.63) is 39.3 Å². The lowest BCUT2D eigenvalue weighted by atomic mass is 10.2. The summed E-state index contributed by atoms with van der Waals surface area (Å²) in [5.41, 5.74) is 0.809. The van der Waals surface area contributed by atoms with Crippen LogP contribution in [-0.2, 0) is 6.54 Å². The number of rotatable bonds is 4. The second kappa shape index (κ2) is 7.34. The van der Waals surface area contributed by atoms with E-state index in [2.05, 4.69) is 46.2 Å². The number of piperazine rings is 1. The van der Waals surface area contributed by atoms with Gasteiger partial charge in [-0.1, -0.05) is 11.6 Å². The van der Waals surface area contributed by atoms with E-state index in [0.717, 1.165) is 55.4 Å². The molecule has 0 atom stereocenters. The first-order valence-corrected chi connectivity index (χ1v) is 9.84. The third-order valence-electron chi connectivity index (χ3n) is 4.55. The highest BCUT2D eigenvalue weighted by Gasteiger charge is 2.19. The molecule has 8 heteroatoms. The van der Waals surface area contributed by atoms with E-state index in [9.17, 15) is 0 Å². The second-order valence-electron chi connectivity index (χ2n) is 6.55. The van der Waals surface area contributed by atoms with Crippen LogP contribution in [0.3, 0.4) is 0 Å². The van der Waals surface area contributed by atoms with Crippen molar-refractivity contribution >= 4 is 45.6 Å². The third-order valence-corrected chi connectivity index (χ3v) is 5.76. The molecule has 0 aromatic carbocycles. The van der Waals surface area contributed by atoms with E-state index < -0.39 is 0 Å². The topological polar surface area (TPSA) is 57.2 Å². The summed E-state index contributed by atoms with van der Waals surface area (Å²) in [5, 5.41) is 4.82. The maximum absolute atomic E-state index is 6.11. The number of thiophene rings is 1. The van der Waals surface area contributed by atoms with Crippen LogP contribution in [0.1, 0.15) is 9.75 Å². The molecular weight excluding hydrogens is 368 g/mol. The van der Waals surface area contributed by atoms with Crippen molar-refractivity contribution in [3.63, 3.8) is 0 Å². The maximum atomic E-state index is 6.11. The molecular formula is C18H21ClN6S. The Kier molecular flexibility index (Phi) is 4.93. The standard InChI is InChI=1S/C18H21ClN6S/c1-12-3-4-13(26-12)10-21-17-14-9-16(19)20-11-15(14)22-18(23-17)25-7-5-24(2)6-8-25/h3-4,9,11H,5-8,10H2,1-2H3,(H,21,22,23). The zero-order valence-corrected chi connectivity index (χ0v) is 16.4. The van der Waals surface area contributed by atoms with Gasteiger partial charge in [-0.05, 0) is 32.2 Å². The zero-order chi connectivity index (χ0) is 18.1. The molecule has 0 bridgehead atoms. The molecule has 0 saturated carbocycles. The largest absolute Gasteiger partial charge is 0.364 e. The monoisotopic (exact) mass is 388 g/mol. The van der Waals surface area contributed by atoms with Gasteiger partial charge >= 0.3 is 0 Å². The lowest BCUT2D eigenvalue weighted by Gasteiger charge is -2.32. The first-order chi connectivity index (χ1) is 12.6. The number of likely N-dealkylation sites (N-methyl/N-ethyl adjacent to an activating group) is 1. The molecule has 0 amide bonds. The number of pyridine rings is 1. The highest BCUT2D eigenvalue weighted by atomic mass is 35.5. The average Bonchev–Trinajstić information content (AvgIpc) is 3.05. The Morgan fingerprint density at radius 3 is 2.73 bits per heavy atom. The van der Waals surface area contributed by atoms with Crippen LogP contribution in [-0.4, -0.2) is 53.1 Å². The summed E-state index contributed by atoms with van der Waals surface area (Å²) in [6, 6.07) is 6.11. The van der Waals surface area contributed by atoms with E-state index in [1.54, 1.807) is 17.5 Å². The summed E-state index contributed by atoms with van der Waals surface area (Å²) < 4.78 is 0. The fraction of sp³-hybridized carbons (Fsp3) is 0.389. The van der Waals surface area contributed by atoms with Gasteiger partial charge in [-0.2, -0.15) is 4.98 Å². The number of aryl methyl sites for hydroxylation is 1. The van der Waals surface area contributed by atoms with Crippen molar-refractivity contribution in [2.45, 2.75) is 13.5 Å². The summed E-state index contributed by atoms with van der Waals surface area (Å²) in [7, 11) is 2.14. The van der Waals surface area contributed by atoms with Crippen molar-refractivity contribution < 1.29 is 0 Å². The predicted octanol–water partition coefficient (Wildman–Crippen LogP) is 3.41. The van der Waals surface area contributed by atoms with Crippen molar-refractivity contribution in [1.82, 2.24) is 19.9 Å². The number of halogens is 1. The SMILES string of the molecule is Cc1ccc(CNc2nc(N3CCN(C)CC3)nc3cnc(Cl)cc23)s1. The molecule has 3 aromatic heterocycles. The van der Waals surface area contributed by atoms with Crippen molar-refractivity contribution in [2.24, 2.45) is 0 Å². The number of hydrogen-bond acceptors (Lipinski definition) is 7. The van der Waals surface area contributed by atoms with Crippen LogP contribution in [0.2, 0.25) is 5.15 Å². The fourth-order valence-corrected chi connectivity index (χ4v) is 4.02. The van der Waals surface area contributed by atoms with Gasteiger partial charge in [-0.15, -0.1) is 11.3 Å². The van der Waals surface area contributed by atoms with Gasteiger partial charge in [0.05, 0.1) is 18.3 Å². The molecule has 0 aliphatic carbocycles. The maximum Gasteiger partial charge on any atom is 0.228 e. The summed E-state index contributed by atoms with van der Waals surface area (Å²) in [5.74, 6) is 1.55. The molecule has 3 aromatic rings. The minimum absolute atomic E-state index is 0.448. The minimum atomic E-state index is 0.448. The molecule has 0 unspecified atom stereocenters. The van der Waals surface area contributed by atoms with E-state index in [4.69, 9.17) is 21.6 Å². The highest BCUT2D eigenvalue weighted by Crippen LogP contribution is 2.26. The van der Waals surface area contributed by atoms with Crippen LogP contribution in [0.25, 0.3) is 10.9 Å². The summed E-state index contributed by atoms with van der Waals surface area (Å²) in [6.07, 6.45) is 1.72. The van der Waals surface area contributed by atoms with Crippen LogP contribution in [0.5, 0.6) is 0 Å². The van der Waals surface area contributed by atoms with E-state index in [1.165, 1.54) is 9.75 Å². The fourth-order valence-electron chi connectivity index (χ4n) is 3.03. The molecule has 1 fully saturated rings. The van der Waals surface area contributed by atoms with Gasteiger partial charge < -0.3 is 15.1 Å². The molecule has 1 aliphatic heterocycles. The number of hydrogen-bond donors (Lipinski definition) is 1. The van der Waals surface area contributed by atoms with Gasteiger partial charge in [0.1, 0.15) is 11.0 Å². The lowest BCUT2D eigenvalue weighted by molar-refractivity contribution is 0.311. The van der Waals surface area contributed by atoms with Crippen LogP contribution < -0.4 is 10.2 Å². The van der Waals surface area contributed by atoms with E-state index >= 15 is 0 Å². The Morgan fingerprint density at radius 2 is 2.00 bits per heavy atom. The first-order valence-electron chi connectivity index (χ1n) is 8.64. The number of fused-ring (bicyclic) bond motifs is 1. The van der Waals surface area contributed by atoms with Crippen LogP contribution in [0.4, 0.5) is 11.8 Å². The van der Waals surface area contributed by atoms with Crippen LogP contribution in [0, 0.1) is 6.92 Å². The number of nitrogens with zero attached hydrogens (tertiary/aromatic N) is 5. The highest BCUT2D eigenvalue weighted by molar-refractivity contribution is 7.11. The van der Waals surface area contributed by atoms with E-state index in [-0.39, 0.29) is 0 Å². The van der Waals surface area contributed by atoms with Crippen LogP contribution >= 0.6 is 22.9 Å². The van der Waals surface area contributed by atoms with Crippen LogP contribution in [0.15, 0.2) is 24.4 Å². The molecule has 6 nitrogen and oxygen atoms in total. The van der Waals surface area contributed by atoms with E-state index in [0.29, 0.717) is 5.15 Å². The Labute approximate surface area is 161 Å². The van der Waals surface area contributed by atoms with Gasteiger partial charge in [0.15, 0.2) is 0 Å². The Balaban J connectivity index is 1.67. The molecule has 1 aliphatic rings. The van der Waals surface area contributed by atoms with E-state index in [1.807, 2.05) is 6.07 Å².